The highest BCUT2D eigenvalue weighted by molar-refractivity contribution is 6.35. The van der Waals surface area contributed by atoms with Crippen LogP contribution in [0.25, 0.3) is 22.7 Å². The van der Waals surface area contributed by atoms with E-state index in [1.54, 1.807) is 61.7 Å². The van der Waals surface area contributed by atoms with Gasteiger partial charge in [-0.15, -0.1) is 0 Å². The van der Waals surface area contributed by atoms with Crippen LogP contribution in [0.1, 0.15) is 6.92 Å². The molecule has 2 aromatic carbocycles. The largest absolute Gasteiger partial charge is 0.495 e. The molecule has 4 rings (SSSR count). The van der Waals surface area contributed by atoms with E-state index in [1.165, 1.54) is 7.11 Å². The first kappa shape index (κ1) is 21.0. The van der Waals surface area contributed by atoms with Crippen LogP contribution in [0.4, 0.5) is 5.69 Å². The van der Waals surface area contributed by atoms with Crippen molar-refractivity contribution >= 4 is 46.0 Å². The molecule has 2 aromatic heterocycles. The fraction of sp³-hybridized carbons (Fsp3) is 0.136. The molecule has 9 heteroatoms. The van der Waals surface area contributed by atoms with E-state index in [0.29, 0.717) is 49.9 Å². The van der Waals surface area contributed by atoms with Crippen LogP contribution in [0.3, 0.4) is 0 Å². The Hall–Kier alpha value is -3.29. The number of hydrogen-bond donors (Lipinski definition) is 1. The zero-order valence-electron chi connectivity index (χ0n) is 16.6. The molecule has 1 amide bonds. The summed E-state index contributed by atoms with van der Waals surface area (Å²) >= 11 is 12.0. The van der Waals surface area contributed by atoms with E-state index in [0.717, 1.165) is 0 Å². The van der Waals surface area contributed by atoms with Crippen LogP contribution < -0.4 is 14.8 Å². The predicted octanol–water partition coefficient (Wildman–Crippen LogP) is 5.61. The SMILES string of the molecule is COc1ccc(-c2nc3ncccc3o2)cc1NC(=O)C(C)Oc1ccc(Cl)cc1Cl. The van der Waals surface area contributed by atoms with Crippen molar-refractivity contribution in [3.05, 3.63) is 64.8 Å². The van der Waals surface area contributed by atoms with Crippen LogP contribution in [0.15, 0.2) is 59.1 Å². The molecule has 31 heavy (non-hydrogen) atoms. The van der Waals surface area contributed by atoms with Crippen molar-refractivity contribution in [3.63, 3.8) is 0 Å². The molecule has 0 bridgehead atoms. The Labute approximate surface area is 187 Å². The van der Waals surface area contributed by atoms with Gasteiger partial charge in [0.1, 0.15) is 11.5 Å². The molecule has 0 aliphatic heterocycles. The van der Waals surface area contributed by atoms with E-state index in [2.05, 4.69) is 15.3 Å². The molecule has 0 saturated carbocycles. The number of fused-ring (bicyclic) bond motifs is 1. The summed E-state index contributed by atoms with van der Waals surface area (Å²) in [6.07, 6.45) is 0.809. The van der Waals surface area contributed by atoms with Crippen molar-refractivity contribution in [2.24, 2.45) is 0 Å². The molecule has 0 radical (unpaired) electrons. The average Bonchev–Trinajstić information content (AvgIpc) is 3.20. The van der Waals surface area contributed by atoms with Crippen LogP contribution in [0.5, 0.6) is 11.5 Å². The Bertz CT molecular complexity index is 1230. The maximum Gasteiger partial charge on any atom is 0.265 e. The third-order valence-corrected chi connectivity index (χ3v) is 4.97. The van der Waals surface area contributed by atoms with Crippen LogP contribution in [-0.4, -0.2) is 29.1 Å². The van der Waals surface area contributed by atoms with Gasteiger partial charge in [0.15, 0.2) is 17.3 Å². The topological polar surface area (TPSA) is 86.5 Å². The van der Waals surface area contributed by atoms with Crippen molar-refractivity contribution in [3.8, 4) is 23.0 Å². The Morgan fingerprint density at radius 1 is 1.13 bits per heavy atom. The summed E-state index contributed by atoms with van der Waals surface area (Å²) in [5, 5.41) is 3.61. The fourth-order valence-electron chi connectivity index (χ4n) is 2.88. The first-order valence-electron chi connectivity index (χ1n) is 9.27. The van der Waals surface area contributed by atoms with Gasteiger partial charge >= 0.3 is 0 Å². The smallest absolute Gasteiger partial charge is 0.265 e. The lowest BCUT2D eigenvalue weighted by Gasteiger charge is -2.17. The molecule has 2 heterocycles. The highest BCUT2D eigenvalue weighted by Crippen LogP contribution is 2.32. The third-order valence-electron chi connectivity index (χ3n) is 4.44. The molecule has 1 N–H and O–H groups in total. The van der Waals surface area contributed by atoms with Crippen LogP contribution >= 0.6 is 23.2 Å². The first-order valence-corrected chi connectivity index (χ1v) is 10.0. The summed E-state index contributed by atoms with van der Waals surface area (Å²) in [7, 11) is 1.52. The molecule has 1 unspecified atom stereocenters. The second-order valence-corrected chi connectivity index (χ2v) is 7.43. The van der Waals surface area contributed by atoms with Crippen molar-refractivity contribution < 1.29 is 18.7 Å². The maximum absolute atomic E-state index is 12.7. The average molecular weight is 458 g/mol. The molecule has 4 aromatic rings. The zero-order valence-corrected chi connectivity index (χ0v) is 18.1. The maximum atomic E-state index is 12.7. The van der Waals surface area contributed by atoms with Gasteiger partial charge in [0.25, 0.3) is 5.91 Å². The van der Waals surface area contributed by atoms with E-state index >= 15 is 0 Å². The number of benzene rings is 2. The molecule has 0 aliphatic carbocycles. The van der Waals surface area contributed by atoms with Crippen LogP contribution in [-0.2, 0) is 4.79 Å². The molecule has 0 aliphatic rings. The summed E-state index contributed by atoms with van der Waals surface area (Å²) < 4.78 is 16.8. The van der Waals surface area contributed by atoms with Gasteiger partial charge in [0.2, 0.25) is 5.89 Å². The summed E-state index contributed by atoms with van der Waals surface area (Å²) in [5.41, 5.74) is 2.17. The second kappa shape index (κ2) is 8.83. The monoisotopic (exact) mass is 457 g/mol. The van der Waals surface area contributed by atoms with E-state index in [1.807, 2.05) is 0 Å². The van der Waals surface area contributed by atoms with Gasteiger partial charge in [0, 0.05) is 16.8 Å². The number of aromatic nitrogens is 2. The lowest BCUT2D eigenvalue weighted by molar-refractivity contribution is -0.122. The molecule has 0 fully saturated rings. The number of pyridine rings is 1. The number of carbonyl (C=O) groups is 1. The summed E-state index contributed by atoms with van der Waals surface area (Å²) in [6.45, 7) is 1.61. The van der Waals surface area contributed by atoms with Gasteiger partial charge in [-0.05, 0) is 55.5 Å². The lowest BCUT2D eigenvalue weighted by Crippen LogP contribution is -2.30. The van der Waals surface area contributed by atoms with Gasteiger partial charge in [0.05, 0.1) is 17.8 Å². The van der Waals surface area contributed by atoms with Crippen molar-refractivity contribution in [1.82, 2.24) is 9.97 Å². The summed E-state index contributed by atoms with van der Waals surface area (Å²) in [6, 6.07) is 13.6. The molecule has 7 nitrogen and oxygen atoms in total. The Morgan fingerprint density at radius 2 is 1.94 bits per heavy atom. The van der Waals surface area contributed by atoms with Gasteiger partial charge in [-0.25, -0.2) is 4.98 Å². The van der Waals surface area contributed by atoms with Gasteiger partial charge in [-0.3, -0.25) is 4.79 Å². The van der Waals surface area contributed by atoms with Crippen molar-refractivity contribution in [2.75, 3.05) is 12.4 Å². The number of halogens is 2. The predicted molar refractivity (Wildman–Crippen MR) is 119 cm³/mol. The minimum Gasteiger partial charge on any atom is -0.495 e. The van der Waals surface area contributed by atoms with Crippen molar-refractivity contribution in [2.45, 2.75) is 13.0 Å². The first-order chi connectivity index (χ1) is 14.9. The molecule has 0 spiro atoms. The Kier molecular flexibility index (Phi) is 5.97. The number of hydrogen-bond acceptors (Lipinski definition) is 6. The number of oxazole rings is 1. The minimum absolute atomic E-state index is 0.316. The molecule has 0 saturated heterocycles. The van der Waals surface area contributed by atoms with Crippen LogP contribution in [0, 0.1) is 0 Å². The highest BCUT2D eigenvalue weighted by Gasteiger charge is 2.19. The van der Waals surface area contributed by atoms with Crippen LogP contribution in [0.2, 0.25) is 10.0 Å². The molecular weight excluding hydrogens is 441 g/mol. The lowest BCUT2D eigenvalue weighted by atomic mass is 10.1. The van der Waals surface area contributed by atoms with Gasteiger partial charge in [-0.1, -0.05) is 23.2 Å². The molecular formula is C22H17Cl2N3O4. The quantitative estimate of drug-likeness (QED) is 0.404. The molecule has 1 atom stereocenters. The van der Waals surface area contributed by atoms with E-state index in [9.17, 15) is 4.79 Å². The fourth-order valence-corrected chi connectivity index (χ4v) is 3.33. The van der Waals surface area contributed by atoms with E-state index in [4.69, 9.17) is 37.1 Å². The Morgan fingerprint density at radius 3 is 2.68 bits per heavy atom. The number of methoxy groups -OCH3 is 1. The number of rotatable bonds is 6. The Balaban J connectivity index is 1.56. The highest BCUT2D eigenvalue weighted by atomic mass is 35.5. The number of nitrogens with one attached hydrogen (secondary N) is 1. The summed E-state index contributed by atoms with van der Waals surface area (Å²) in [4.78, 5) is 21.3. The third kappa shape index (κ3) is 4.57. The van der Waals surface area contributed by atoms with Gasteiger partial charge in [-0.2, -0.15) is 4.98 Å². The second-order valence-electron chi connectivity index (χ2n) is 6.58. The van der Waals surface area contributed by atoms with Gasteiger partial charge < -0.3 is 19.2 Å². The minimum atomic E-state index is -0.833. The molecule has 158 valence electrons. The number of carbonyl (C=O) groups excluding carboxylic acids is 1. The van der Waals surface area contributed by atoms with E-state index in [-0.39, 0.29) is 5.91 Å². The number of amides is 1. The zero-order chi connectivity index (χ0) is 22.0. The number of ether oxygens (including phenoxy) is 2. The number of nitrogens with zero attached hydrogens (tertiary/aromatic N) is 2. The summed E-state index contributed by atoms with van der Waals surface area (Å²) in [5.74, 6) is 0.821. The normalized spacial score (nSPS) is 11.9. The standard InChI is InChI=1S/C22H17Cl2N3O4/c1-12(30-17-8-6-14(23)11-15(17)24)21(28)26-16-10-13(5-7-18(16)29-2)22-27-20-19(31-22)4-3-9-25-20/h3-12H,1-2H3,(H,26,28). The van der Waals surface area contributed by atoms with Crippen molar-refractivity contribution in [1.29, 1.82) is 0 Å². The number of anilines is 1. The van der Waals surface area contributed by atoms with E-state index < -0.39 is 6.10 Å².